The van der Waals surface area contributed by atoms with E-state index in [1.165, 1.54) is 0 Å². The standard InChI is InChI=1S/C11H18BrN3O/c1-7(2)15(8(3)4)11(16)10-9(12)6-13-14(10)5/h6-8H,1-5H3. The van der Waals surface area contributed by atoms with E-state index >= 15 is 0 Å². The zero-order valence-electron chi connectivity index (χ0n) is 10.4. The van der Waals surface area contributed by atoms with Crippen LogP contribution in [-0.2, 0) is 7.05 Å². The van der Waals surface area contributed by atoms with Crippen molar-refractivity contribution >= 4 is 21.8 Å². The molecule has 0 saturated carbocycles. The Hall–Kier alpha value is -0.840. The highest BCUT2D eigenvalue weighted by Crippen LogP contribution is 2.19. The number of aryl methyl sites for hydroxylation is 1. The molecular formula is C11H18BrN3O. The molecule has 0 bridgehead atoms. The highest BCUT2D eigenvalue weighted by molar-refractivity contribution is 9.10. The maximum absolute atomic E-state index is 12.4. The van der Waals surface area contributed by atoms with Crippen molar-refractivity contribution in [2.75, 3.05) is 0 Å². The molecule has 1 rings (SSSR count). The second-order valence-electron chi connectivity index (χ2n) is 4.36. The van der Waals surface area contributed by atoms with Crippen LogP contribution in [0.5, 0.6) is 0 Å². The fraction of sp³-hybridized carbons (Fsp3) is 0.636. The quantitative estimate of drug-likeness (QED) is 0.856. The molecule has 0 atom stereocenters. The van der Waals surface area contributed by atoms with Gasteiger partial charge in [0.1, 0.15) is 5.69 Å². The number of aromatic nitrogens is 2. The lowest BCUT2D eigenvalue weighted by Gasteiger charge is -2.30. The summed E-state index contributed by atoms with van der Waals surface area (Å²) < 4.78 is 2.34. The summed E-state index contributed by atoms with van der Waals surface area (Å²) in [7, 11) is 1.77. The SMILES string of the molecule is CC(C)N(C(=O)c1c(Br)cnn1C)C(C)C. The van der Waals surface area contributed by atoms with Gasteiger partial charge in [-0.1, -0.05) is 0 Å². The third kappa shape index (κ3) is 2.45. The van der Waals surface area contributed by atoms with Crippen molar-refractivity contribution < 1.29 is 4.79 Å². The third-order valence-corrected chi connectivity index (χ3v) is 3.02. The Morgan fingerprint density at radius 2 is 1.88 bits per heavy atom. The molecule has 0 aliphatic rings. The number of nitrogens with zero attached hydrogens (tertiary/aromatic N) is 3. The van der Waals surface area contributed by atoms with Crippen LogP contribution in [0.3, 0.4) is 0 Å². The van der Waals surface area contributed by atoms with E-state index in [0.29, 0.717) is 5.69 Å². The summed E-state index contributed by atoms with van der Waals surface area (Å²) in [6.45, 7) is 8.06. The van der Waals surface area contributed by atoms with Gasteiger partial charge in [-0.2, -0.15) is 5.10 Å². The summed E-state index contributed by atoms with van der Waals surface area (Å²) in [5.74, 6) is 0.0110. The second-order valence-corrected chi connectivity index (χ2v) is 5.22. The molecule has 0 radical (unpaired) electrons. The fourth-order valence-electron chi connectivity index (χ4n) is 1.84. The third-order valence-electron chi connectivity index (χ3n) is 2.44. The lowest BCUT2D eigenvalue weighted by molar-refractivity contribution is 0.0631. The van der Waals surface area contributed by atoms with E-state index < -0.39 is 0 Å². The van der Waals surface area contributed by atoms with Crippen molar-refractivity contribution in [3.63, 3.8) is 0 Å². The van der Waals surface area contributed by atoms with Gasteiger partial charge < -0.3 is 4.90 Å². The Bertz CT molecular complexity index is 357. The molecule has 1 heterocycles. The number of hydrogen-bond acceptors (Lipinski definition) is 2. The van der Waals surface area contributed by atoms with Crippen molar-refractivity contribution in [3.8, 4) is 0 Å². The Labute approximate surface area is 105 Å². The highest BCUT2D eigenvalue weighted by Gasteiger charge is 2.25. The molecule has 1 amide bonds. The topological polar surface area (TPSA) is 38.1 Å². The van der Waals surface area contributed by atoms with Crippen LogP contribution in [0.25, 0.3) is 0 Å². The summed E-state index contributed by atoms with van der Waals surface area (Å²) in [5, 5.41) is 4.06. The van der Waals surface area contributed by atoms with Gasteiger partial charge in [0.25, 0.3) is 5.91 Å². The molecular weight excluding hydrogens is 270 g/mol. The largest absolute Gasteiger partial charge is 0.332 e. The molecule has 90 valence electrons. The number of amides is 1. The van der Waals surface area contributed by atoms with Gasteiger partial charge in [-0.3, -0.25) is 9.48 Å². The molecule has 0 aliphatic heterocycles. The van der Waals surface area contributed by atoms with E-state index in [-0.39, 0.29) is 18.0 Å². The van der Waals surface area contributed by atoms with Crippen LogP contribution in [0.2, 0.25) is 0 Å². The van der Waals surface area contributed by atoms with Crippen LogP contribution in [-0.4, -0.2) is 32.7 Å². The minimum Gasteiger partial charge on any atom is -0.332 e. The normalized spacial score (nSPS) is 11.2. The summed E-state index contributed by atoms with van der Waals surface area (Å²) in [4.78, 5) is 14.2. The lowest BCUT2D eigenvalue weighted by atomic mass is 10.2. The predicted molar refractivity (Wildman–Crippen MR) is 67.3 cm³/mol. The molecule has 0 saturated heterocycles. The van der Waals surface area contributed by atoms with E-state index in [0.717, 1.165) is 4.47 Å². The van der Waals surface area contributed by atoms with Crippen LogP contribution >= 0.6 is 15.9 Å². The van der Waals surface area contributed by atoms with Gasteiger partial charge in [-0.05, 0) is 43.6 Å². The summed E-state index contributed by atoms with van der Waals surface area (Å²) in [6, 6.07) is 0.351. The van der Waals surface area contributed by atoms with Crippen LogP contribution < -0.4 is 0 Å². The number of carbonyl (C=O) groups is 1. The number of halogens is 1. The zero-order valence-corrected chi connectivity index (χ0v) is 11.9. The van der Waals surface area contributed by atoms with E-state index in [2.05, 4.69) is 21.0 Å². The first-order chi connectivity index (χ1) is 7.36. The molecule has 4 nitrogen and oxygen atoms in total. The first-order valence-corrected chi connectivity index (χ1v) is 6.15. The Balaban J connectivity index is 3.09. The Morgan fingerprint density at radius 1 is 1.38 bits per heavy atom. The number of hydrogen-bond donors (Lipinski definition) is 0. The molecule has 0 spiro atoms. The zero-order chi connectivity index (χ0) is 12.5. The Kier molecular flexibility index (Phi) is 4.13. The van der Waals surface area contributed by atoms with Crippen molar-refractivity contribution in [1.29, 1.82) is 0 Å². The van der Waals surface area contributed by atoms with Crippen molar-refractivity contribution in [3.05, 3.63) is 16.4 Å². The van der Waals surface area contributed by atoms with Gasteiger partial charge in [0.2, 0.25) is 0 Å². The van der Waals surface area contributed by atoms with Crippen LogP contribution in [0.4, 0.5) is 0 Å². The van der Waals surface area contributed by atoms with Crippen LogP contribution in [0.15, 0.2) is 10.7 Å². The van der Waals surface area contributed by atoms with Crippen LogP contribution in [0, 0.1) is 0 Å². The van der Waals surface area contributed by atoms with Gasteiger partial charge in [-0.25, -0.2) is 0 Å². The average Bonchev–Trinajstić information content (AvgIpc) is 2.44. The van der Waals surface area contributed by atoms with Gasteiger partial charge in [0, 0.05) is 19.1 Å². The van der Waals surface area contributed by atoms with Gasteiger partial charge in [0.05, 0.1) is 10.7 Å². The molecule has 0 unspecified atom stereocenters. The molecule has 0 aliphatic carbocycles. The molecule has 1 aromatic heterocycles. The maximum Gasteiger partial charge on any atom is 0.273 e. The van der Waals surface area contributed by atoms with E-state index in [4.69, 9.17) is 0 Å². The molecule has 0 fully saturated rings. The van der Waals surface area contributed by atoms with Crippen LogP contribution in [0.1, 0.15) is 38.2 Å². The van der Waals surface area contributed by atoms with Gasteiger partial charge >= 0.3 is 0 Å². The monoisotopic (exact) mass is 287 g/mol. The smallest absolute Gasteiger partial charge is 0.273 e. The number of rotatable bonds is 3. The Morgan fingerprint density at radius 3 is 2.19 bits per heavy atom. The van der Waals surface area contributed by atoms with Gasteiger partial charge in [0.15, 0.2) is 0 Å². The minimum absolute atomic E-state index is 0.0110. The number of carbonyl (C=O) groups excluding carboxylic acids is 1. The van der Waals surface area contributed by atoms with Crippen molar-refractivity contribution in [2.45, 2.75) is 39.8 Å². The molecule has 0 aromatic carbocycles. The first kappa shape index (κ1) is 13.2. The first-order valence-electron chi connectivity index (χ1n) is 5.36. The predicted octanol–water partition coefficient (Wildman–Crippen LogP) is 2.44. The lowest BCUT2D eigenvalue weighted by Crippen LogP contribution is -2.42. The summed E-state index contributed by atoms with van der Waals surface area (Å²) >= 11 is 3.35. The molecule has 16 heavy (non-hydrogen) atoms. The molecule has 5 heteroatoms. The minimum atomic E-state index is 0.0110. The second kappa shape index (κ2) is 4.99. The van der Waals surface area contributed by atoms with E-state index in [1.54, 1.807) is 17.9 Å². The van der Waals surface area contributed by atoms with Gasteiger partial charge in [-0.15, -0.1) is 0 Å². The molecule has 1 aromatic rings. The average molecular weight is 288 g/mol. The summed E-state index contributed by atoms with van der Waals surface area (Å²) in [5.41, 5.74) is 0.599. The van der Waals surface area contributed by atoms with Crippen molar-refractivity contribution in [1.82, 2.24) is 14.7 Å². The highest BCUT2D eigenvalue weighted by atomic mass is 79.9. The van der Waals surface area contributed by atoms with E-state index in [9.17, 15) is 4.79 Å². The van der Waals surface area contributed by atoms with Crippen molar-refractivity contribution in [2.24, 2.45) is 7.05 Å². The fourth-order valence-corrected chi connectivity index (χ4v) is 2.36. The molecule has 0 N–H and O–H groups in total. The summed E-state index contributed by atoms with van der Waals surface area (Å²) in [6.07, 6.45) is 1.64. The van der Waals surface area contributed by atoms with E-state index in [1.807, 2.05) is 32.6 Å². The maximum atomic E-state index is 12.4.